The van der Waals surface area contributed by atoms with Crippen LogP contribution in [0.15, 0.2) is 30.9 Å². The molecule has 0 unspecified atom stereocenters. The summed E-state index contributed by atoms with van der Waals surface area (Å²) >= 11 is 0. The van der Waals surface area contributed by atoms with E-state index in [9.17, 15) is 0 Å². The summed E-state index contributed by atoms with van der Waals surface area (Å²) in [6.45, 7) is 3.70. The normalized spacial score (nSPS) is 10.0. The second-order valence-electron chi connectivity index (χ2n) is 3.76. The number of ether oxygens (including phenoxy) is 2. The van der Waals surface area contributed by atoms with E-state index >= 15 is 0 Å². The Morgan fingerprint density at radius 3 is 2.28 bits per heavy atom. The number of methoxy groups -OCH3 is 2. The molecule has 1 rings (SSSR count). The van der Waals surface area contributed by atoms with Crippen LogP contribution in [0.3, 0.4) is 0 Å². The third-order valence-corrected chi connectivity index (χ3v) is 2.82. The van der Waals surface area contributed by atoms with Gasteiger partial charge in [0.1, 0.15) is 5.41 Å². The zero-order valence-corrected chi connectivity index (χ0v) is 10.7. The largest absolute Gasteiger partial charge is 0.493 e. The summed E-state index contributed by atoms with van der Waals surface area (Å²) < 4.78 is 10.4. The first-order valence-corrected chi connectivity index (χ1v) is 5.46. The summed E-state index contributed by atoms with van der Waals surface area (Å²) in [5, 5.41) is 0. The molecule has 1 aromatic carbocycles. The molecule has 1 aromatic rings. The minimum absolute atomic E-state index is 0.509. The van der Waals surface area contributed by atoms with Gasteiger partial charge in [0.25, 0.3) is 0 Å². The van der Waals surface area contributed by atoms with E-state index in [1.807, 2.05) is 12.1 Å². The smallest absolute Gasteiger partial charge is 0.161 e. The third kappa shape index (κ3) is 2.34. The van der Waals surface area contributed by atoms with Crippen molar-refractivity contribution in [3.05, 3.63) is 36.4 Å². The molecule has 0 aliphatic heterocycles. The maximum Gasteiger partial charge on any atom is 0.161 e. The van der Waals surface area contributed by atoms with Crippen LogP contribution in [-0.2, 0) is 5.41 Å². The van der Waals surface area contributed by atoms with Gasteiger partial charge in [0.15, 0.2) is 11.5 Å². The van der Waals surface area contributed by atoms with Gasteiger partial charge in [-0.3, -0.25) is 0 Å². The Hall–Kier alpha value is -2.32. The molecule has 0 aromatic heterocycles. The van der Waals surface area contributed by atoms with Gasteiger partial charge >= 0.3 is 0 Å². The summed E-state index contributed by atoms with van der Waals surface area (Å²) in [4.78, 5) is 0. The third-order valence-electron chi connectivity index (χ3n) is 2.82. The van der Waals surface area contributed by atoms with Crippen molar-refractivity contribution in [1.29, 1.82) is 0 Å². The Morgan fingerprint density at radius 1 is 1.22 bits per heavy atom. The zero-order chi connectivity index (χ0) is 13.6. The summed E-state index contributed by atoms with van der Waals surface area (Å²) in [6.07, 6.45) is 13.4. The lowest BCUT2D eigenvalue weighted by Crippen LogP contribution is -2.21. The van der Waals surface area contributed by atoms with Gasteiger partial charge in [-0.2, -0.15) is 0 Å². The van der Waals surface area contributed by atoms with Crippen LogP contribution in [0.25, 0.3) is 0 Å². The highest BCUT2D eigenvalue weighted by Crippen LogP contribution is 2.34. The van der Waals surface area contributed by atoms with Crippen LogP contribution in [0.1, 0.15) is 12.0 Å². The average Bonchev–Trinajstić information content (AvgIpc) is 2.44. The lowest BCUT2D eigenvalue weighted by Gasteiger charge is -2.22. The molecule has 0 atom stereocenters. The van der Waals surface area contributed by atoms with Crippen LogP contribution in [0, 0.1) is 24.7 Å². The second-order valence-corrected chi connectivity index (χ2v) is 3.76. The first-order chi connectivity index (χ1) is 8.67. The number of allylic oxidation sites excluding steroid dienone is 1. The van der Waals surface area contributed by atoms with Crippen molar-refractivity contribution in [2.75, 3.05) is 14.2 Å². The molecule has 0 bridgehead atoms. The highest BCUT2D eigenvalue weighted by molar-refractivity contribution is 5.51. The van der Waals surface area contributed by atoms with Gasteiger partial charge in [-0.05, 0) is 24.1 Å². The molecule has 18 heavy (non-hydrogen) atoms. The molecule has 0 radical (unpaired) electrons. The molecule has 2 nitrogen and oxygen atoms in total. The molecule has 0 amide bonds. The molecule has 0 heterocycles. The van der Waals surface area contributed by atoms with Gasteiger partial charge in [0.2, 0.25) is 0 Å². The number of benzene rings is 1. The minimum atomic E-state index is -0.790. The fourth-order valence-electron chi connectivity index (χ4n) is 1.76. The van der Waals surface area contributed by atoms with Gasteiger partial charge in [0, 0.05) is 0 Å². The molecular formula is C16H16O2. The molecule has 0 spiro atoms. The summed E-state index contributed by atoms with van der Waals surface area (Å²) in [5.74, 6) is 6.58. The number of rotatable bonds is 5. The number of hydrogen-bond acceptors (Lipinski definition) is 2. The van der Waals surface area contributed by atoms with Gasteiger partial charge < -0.3 is 9.47 Å². The molecule has 0 N–H and O–H groups in total. The van der Waals surface area contributed by atoms with Crippen LogP contribution in [0.4, 0.5) is 0 Å². The van der Waals surface area contributed by atoms with E-state index in [1.165, 1.54) is 0 Å². The predicted molar refractivity (Wildman–Crippen MR) is 73.7 cm³/mol. The van der Waals surface area contributed by atoms with Crippen molar-refractivity contribution in [3.8, 4) is 36.2 Å². The van der Waals surface area contributed by atoms with E-state index in [1.54, 1.807) is 26.4 Å². The number of terminal acetylenes is 2. The van der Waals surface area contributed by atoms with Gasteiger partial charge in [-0.1, -0.05) is 24.0 Å². The van der Waals surface area contributed by atoms with Gasteiger partial charge in [-0.15, -0.1) is 19.4 Å². The molecule has 0 saturated heterocycles. The van der Waals surface area contributed by atoms with E-state index in [-0.39, 0.29) is 0 Å². The highest BCUT2D eigenvalue weighted by Gasteiger charge is 2.27. The van der Waals surface area contributed by atoms with Crippen molar-refractivity contribution in [1.82, 2.24) is 0 Å². The van der Waals surface area contributed by atoms with E-state index in [4.69, 9.17) is 22.3 Å². The average molecular weight is 240 g/mol. The standard InChI is InChI=1S/C16H16O2/c1-6-11-16(7-2,8-3)13-9-10-14(17-4)15(12-13)18-5/h2-3,6,9-10,12H,1,11H2,4-5H3. The maximum absolute atomic E-state index is 5.59. The highest BCUT2D eigenvalue weighted by atomic mass is 16.5. The Bertz CT molecular complexity index is 501. The van der Waals surface area contributed by atoms with Crippen molar-refractivity contribution < 1.29 is 9.47 Å². The minimum Gasteiger partial charge on any atom is -0.493 e. The Balaban J connectivity index is 3.36. The Morgan fingerprint density at radius 2 is 1.83 bits per heavy atom. The second kappa shape index (κ2) is 5.84. The van der Waals surface area contributed by atoms with E-state index < -0.39 is 5.41 Å². The summed E-state index contributed by atoms with van der Waals surface area (Å²) in [6, 6.07) is 5.45. The van der Waals surface area contributed by atoms with Crippen LogP contribution < -0.4 is 9.47 Å². The molecular weight excluding hydrogens is 224 g/mol. The first-order valence-electron chi connectivity index (χ1n) is 5.46. The monoisotopic (exact) mass is 240 g/mol. The molecule has 0 aliphatic rings. The van der Waals surface area contributed by atoms with Crippen molar-refractivity contribution >= 4 is 0 Å². The zero-order valence-electron chi connectivity index (χ0n) is 10.7. The number of hydrogen-bond donors (Lipinski definition) is 0. The van der Waals surface area contributed by atoms with E-state index in [0.29, 0.717) is 17.9 Å². The molecule has 0 fully saturated rings. The predicted octanol–water partition coefficient (Wildman–Crippen LogP) is 2.78. The van der Waals surface area contributed by atoms with Gasteiger partial charge in [0.05, 0.1) is 14.2 Å². The quantitative estimate of drug-likeness (QED) is 0.582. The maximum atomic E-state index is 5.59. The summed E-state index contributed by atoms with van der Waals surface area (Å²) in [5.41, 5.74) is 0.0337. The Labute approximate surface area is 109 Å². The van der Waals surface area contributed by atoms with E-state index in [0.717, 1.165) is 5.56 Å². The Kier molecular flexibility index (Phi) is 4.46. The summed E-state index contributed by atoms with van der Waals surface area (Å²) in [7, 11) is 3.15. The van der Waals surface area contributed by atoms with Crippen molar-refractivity contribution in [3.63, 3.8) is 0 Å². The molecule has 2 heteroatoms. The first kappa shape index (κ1) is 13.7. The van der Waals surface area contributed by atoms with Crippen molar-refractivity contribution in [2.45, 2.75) is 11.8 Å². The molecule has 92 valence electrons. The lowest BCUT2D eigenvalue weighted by molar-refractivity contribution is 0.354. The van der Waals surface area contributed by atoms with Crippen LogP contribution >= 0.6 is 0 Å². The van der Waals surface area contributed by atoms with Crippen molar-refractivity contribution in [2.24, 2.45) is 0 Å². The van der Waals surface area contributed by atoms with Crippen LogP contribution in [0.5, 0.6) is 11.5 Å². The van der Waals surface area contributed by atoms with Crippen LogP contribution in [0.2, 0.25) is 0 Å². The lowest BCUT2D eigenvalue weighted by atomic mass is 9.79. The molecule has 0 aliphatic carbocycles. The molecule has 0 saturated carbocycles. The van der Waals surface area contributed by atoms with E-state index in [2.05, 4.69) is 18.4 Å². The topological polar surface area (TPSA) is 18.5 Å². The SMILES string of the molecule is C#CC(C#C)(CC=C)c1ccc(OC)c(OC)c1. The fourth-order valence-corrected chi connectivity index (χ4v) is 1.76. The fraction of sp³-hybridized carbons (Fsp3) is 0.250. The van der Waals surface area contributed by atoms with Crippen LogP contribution in [-0.4, -0.2) is 14.2 Å². The van der Waals surface area contributed by atoms with Gasteiger partial charge in [-0.25, -0.2) is 0 Å².